The number of anilines is 1. The zero-order chi connectivity index (χ0) is 14.7. The molecule has 2 atom stereocenters. The Kier molecular flexibility index (Phi) is 4.83. The number of pyridine rings is 1. The third-order valence-corrected chi connectivity index (χ3v) is 3.94. The van der Waals surface area contributed by atoms with Gasteiger partial charge in [0.05, 0.1) is 16.7 Å². The minimum atomic E-state index is -0.391. The molecule has 1 aromatic rings. The van der Waals surface area contributed by atoms with E-state index in [1.165, 1.54) is 6.20 Å². The van der Waals surface area contributed by atoms with E-state index in [2.05, 4.69) is 10.3 Å². The van der Waals surface area contributed by atoms with Gasteiger partial charge in [0.15, 0.2) is 0 Å². The number of nitrogens with one attached hydrogen (secondary N) is 1. The van der Waals surface area contributed by atoms with Crippen molar-refractivity contribution >= 4 is 23.3 Å². The van der Waals surface area contributed by atoms with E-state index in [1.54, 1.807) is 17.9 Å². The third-order valence-electron chi connectivity index (χ3n) is 3.64. The lowest BCUT2D eigenvalue weighted by Crippen LogP contribution is -2.30. The molecule has 2 rings (SSSR count). The maximum atomic E-state index is 12.5. The molecule has 1 saturated heterocycles. The summed E-state index contributed by atoms with van der Waals surface area (Å²) in [5.74, 6) is 0.694. The van der Waals surface area contributed by atoms with Crippen molar-refractivity contribution in [2.75, 3.05) is 25.0 Å². The quantitative estimate of drug-likeness (QED) is 0.892. The van der Waals surface area contributed by atoms with Crippen LogP contribution < -0.4 is 5.32 Å². The van der Waals surface area contributed by atoms with E-state index in [9.17, 15) is 9.90 Å². The highest BCUT2D eigenvalue weighted by Gasteiger charge is 2.30. The first-order chi connectivity index (χ1) is 9.52. The number of halogens is 1. The maximum absolute atomic E-state index is 12.5. The van der Waals surface area contributed by atoms with E-state index < -0.39 is 6.10 Å². The third kappa shape index (κ3) is 3.22. The number of hydrogen-bond acceptors (Lipinski definition) is 4. The van der Waals surface area contributed by atoms with Crippen molar-refractivity contribution in [1.82, 2.24) is 9.88 Å². The fraction of sp³-hybridized carbons (Fsp3) is 0.571. The summed E-state index contributed by atoms with van der Waals surface area (Å²) in [6.45, 7) is 5.69. The van der Waals surface area contributed by atoms with Gasteiger partial charge in [-0.1, -0.05) is 11.6 Å². The Hall–Kier alpha value is -1.33. The van der Waals surface area contributed by atoms with Crippen LogP contribution in [0.2, 0.25) is 5.02 Å². The van der Waals surface area contributed by atoms with Gasteiger partial charge >= 0.3 is 0 Å². The summed E-state index contributed by atoms with van der Waals surface area (Å²) in [6.07, 6.45) is 1.93. The van der Waals surface area contributed by atoms with Gasteiger partial charge in [-0.2, -0.15) is 0 Å². The number of rotatable bonds is 4. The zero-order valence-corrected chi connectivity index (χ0v) is 12.5. The molecule has 0 aliphatic carbocycles. The van der Waals surface area contributed by atoms with Gasteiger partial charge in [0, 0.05) is 31.7 Å². The molecule has 5 nitrogen and oxygen atoms in total. The molecule has 0 spiro atoms. The fourth-order valence-electron chi connectivity index (χ4n) is 2.42. The topological polar surface area (TPSA) is 65.5 Å². The SMILES string of the molecule is CCNc1cc(C(=O)N2CCC(C(C)O)C2)c(Cl)cn1. The van der Waals surface area contributed by atoms with Gasteiger partial charge < -0.3 is 15.3 Å². The molecule has 2 N–H and O–H groups in total. The Morgan fingerprint density at radius 1 is 1.70 bits per heavy atom. The van der Waals surface area contributed by atoms with E-state index in [0.29, 0.717) is 29.5 Å². The fourth-order valence-corrected chi connectivity index (χ4v) is 2.60. The van der Waals surface area contributed by atoms with Gasteiger partial charge in [-0.05, 0) is 26.3 Å². The molecule has 20 heavy (non-hydrogen) atoms. The van der Waals surface area contributed by atoms with Crippen LogP contribution in [-0.4, -0.2) is 46.6 Å². The van der Waals surface area contributed by atoms with Gasteiger partial charge in [-0.3, -0.25) is 4.79 Å². The Balaban J connectivity index is 2.15. The molecule has 0 bridgehead atoms. The van der Waals surface area contributed by atoms with Crippen LogP contribution in [0.4, 0.5) is 5.82 Å². The number of aliphatic hydroxyl groups is 1. The number of carbonyl (C=O) groups excluding carboxylic acids is 1. The van der Waals surface area contributed by atoms with Crippen LogP contribution in [0, 0.1) is 5.92 Å². The molecule has 6 heteroatoms. The molecule has 0 radical (unpaired) electrons. The predicted octanol–water partition coefficient (Wildman–Crippen LogP) is 2.01. The van der Waals surface area contributed by atoms with Crippen molar-refractivity contribution in [2.45, 2.75) is 26.4 Å². The molecule has 1 fully saturated rings. The summed E-state index contributed by atoms with van der Waals surface area (Å²) >= 11 is 6.08. The molecular weight excluding hydrogens is 278 g/mol. The molecule has 2 heterocycles. The van der Waals surface area contributed by atoms with Gasteiger partial charge in [0.1, 0.15) is 5.82 Å². The highest BCUT2D eigenvalue weighted by molar-refractivity contribution is 6.33. The second-order valence-corrected chi connectivity index (χ2v) is 5.53. The lowest BCUT2D eigenvalue weighted by Gasteiger charge is -2.18. The minimum Gasteiger partial charge on any atom is -0.393 e. The number of amides is 1. The van der Waals surface area contributed by atoms with Crippen LogP contribution in [0.25, 0.3) is 0 Å². The van der Waals surface area contributed by atoms with Crippen molar-refractivity contribution in [3.63, 3.8) is 0 Å². The highest BCUT2D eigenvalue weighted by Crippen LogP contribution is 2.25. The average Bonchev–Trinajstić information content (AvgIpc) is 2.90. The van der Waals surface area contributed by atoms with E-state index >= 15 is 0 Å². The molecule has 1 aromatic heterocycles. The molecule has 1 amide bonds. The van der Waals surface area contributed by atoms with Crippen LogP contribution in [0.1, 0.15) is 30.6 Å². The summed E-state index contributed by atoms with van der Waals surface area (Å²) in [6, 6.07) is 1.68. The predicted molar refractivity (Wildman–Crippen MR) is 79.1 cm³/mol. The monoisotopic (exact) mass is 297 g/mol. The van der Waals surface area contributed by atoms with Crippen LogP contribution >= 0.6 is 11.6 Å². The van der Waals surface area contributed by atoms with E-state index in [-0.39, 0.29) is 11.8 Å². The van der Waals surface area contributed by atoms with Gasteiger partial charge in [0.25, 0.3) is 5.91 Å². The van der Waals surface area contributed by atoms with Crippen LogP contribution in [0.5, 0.6) is 0 Å². The first kappa shape index (κ1) is 15.1. The van der Waals surface area contributed by atoms with Crippen LogP contribution in [-0.2, 0) is 0 Å². The van der Waals surface area contributed by atoms with Gasteiger partial charge in [0.2, 0.25) is 0 Å². The van der Waals surface area contributed by atoms with Gasteiger partial charge in [-0.25, -0.2) is 4.98 Å². The first-order valence-electron chi connectivity index (χ1n) is 6.89. The number of nitrogens with zero attached hydrogens (tertiary/aromatic N) is 2. The van der Waals surface area contributed by atoms with Crippen LogP contribution in [0.3, 0.4) is 0 Å². The molecule has 2 unspecified atom stereocenters. The molecule has 1 aliphatic rings. The minimum absolute atomic E-state index is 0.0975. The van der Waals surface area contributed by atoms with E-state index in [1.807, 2.05) is 6.92 Å². The second-order valence-electron chi connectivity index (χ2n) is 5.12. The first-order valence-corrected chi connectivity index (χ1v) is 7.27. The second kappa shape index (κ2) is 6.41. The number of aromatic nitrogens is 1. The Labute approximate surface area is 123 Å². The largest absolute Gasteiger partial charge is 0.393 e. The number of hydrogen-bond donors (Lipinski definition) is 2. The van der Waals surface area contributed by atoms with E-state index in [0.717, 1.165) is 13.0 Å². The number of aliphatic hydroxyl groups excluding tert-OH is 1. The van der Waals surface area contributed by atoms with Crippen molar-refractivity contribution in [2.24, 2.45) is 5.92 Å². The average molecular weight is 298 g/mol. The lowest BCUT2D eigenvalue weighted by molar-refractivity contribution is 0.0762. The highest BCUT2D eigenvalue weighted by atomic mass is 35.5. The molecule has 1 aliphatic heterocycles. The maximum Gasteiger partial charge on any atom is 0.255 e. The zero-order valence-electron chi connectivity index (χ0n) is 11.8. The smallest absolute Gasteiger partial charge is 0.255 e. The Bertz CT molecular complexity index is 493. The Morgan fingerprint density at radius 3 is 3.05 bits per heavy atom. The summed E-state index contributed by atoms with van der Waals surface area (Å²) < 4.78 is 0. The normalized spacial score (nSPS) is 20.0. The standard InChI is InChI=1S/C14H20ClN3O2/c1-3-16-13-6-11(12(15)7-17-13)14(20)18-5-4-10(8-18)9(2)19/h6-7,9-10,19H,3-5,8H2,1-2H3,(H,16,17). The summed E-state index contributed by atoms with van der Waals surface area (Å²) in [5, 5.41) is 13.0. The number of likely N-dealkylation sites (tertiary alicyclic amines) is 1. The summed E-state index contributed by atoms with van der Waals surface area (Å²) in [5.41, 5.74) is 0.462. The summed E-state index contributed by atoms with van der Waals surface area (Å²) in [7, 11) is 0. The molecular formula is C14H20ClN3O2. The van der Waals surface area contributed by atoms with Crippen molar-refractivity contribution in [1.29, 1.82) is 0 Å². The number of carbonyl (C=O) groups is 1. The lowest BCUT2D eigenvalue weighted by atomic mass is 10.0. The van der Waals surface area contributed by atoms with Crippen molar-refractivity contribution in [3.8, 4) is 0 Å². The van der Waals surface area contributed by atoms with Crippen molar-refractivity contribution < 1.29 is 9.90 Å². The molecule has 0 aromatic carbocycles. The van der Waals surface area contributed by atoms with Gasteiger partial charge in [-0.15, -0.1) is 0 Å². The Morgan fingerprint density at radius 2 is 2.45 bits per heavy atom. The van der Waals surface area contributed by atoms with Crippen LogP contribution in [0.15, 0.2) is 12.3 Å². The molecule has 0 saturated carbocycles. The van der Waals surface area contributed by atoms with Crippen molar-refractivity contribution in [3.05, 3.63) is 22.8 Å². The van der Waals surface area contributed by atoms with E-state index in [4.69, 9.17) is 11.6 Å². The molecule has 110 valence electrons. The summed E-state index contributed by atoms with van der Waals surface area (Å²) in [4.78, 5) is 18.4.